The molecule has 1 aromatic carbocycles. The predicted molar refractivity (Wildman–Crippen MR) is 75.4 cm³/mol. The lowest BCUT2D eigenvalue weighted by Crippen LogP contribution is -2.38. The fourth-order valence-corrected chi connectivity index (χ4v) is 3.03. The Balaban J connectivity index is 1.87. The first-order chi connectivity index (χ1) is 9.40. The molecule has 2 heterocycles. The zero-order valence-corrected chi connectivity index (χ0v) is 11.4. The molecule has 0 amide bonds. The zero-order chi connectivity index (χ0) is 13.1. The van der Waals surface area contributed by atoms with Crippen molar-refractivity contribution in [1.82, 2.24) is 5.32 Å². The number of hydrogen-bond donors (Lipinski definition) is 1. The van der Waals surface area contributed by atoms with Gasteiger partial charge in [-0.3, -0.25) is 0 Å². The fraction of sp³-hybridized carbons (Fsp3) is 0.500. The molecule has 2 unspecified atom stereocenters. The van der Waals surface area contributed by atoms with E-state index >= 15 is 0 Å². The first kappa shape index (κ1) is 12.5. The van der Waals surface area contributed by atoms with Crippen molar-refractivity contribution in [1.29, 1.82) is 0 Å². The molecule has 3 heteroatoms. The Morgan fingerprint density at radius 2 is 2.26 bits per heavy atom. The number of nitrogens with one attached hydrogen (secondary N) is 1. The van der Waals surface area contributed by atoms with Gasteiger partial charge in [0.05, 0.1) is 19.5 Å². The maximum Gasteiger partial charge on any atom is 0.122 e. The van der Waals surface area contributed by atoms with Crippen LogP contribution in [0, 0.1) is 0 Å². The van der Waals surface area contributed by atoms with Gasteiger partial charge in [0.1, 0.15) is 5.75 Å². The third-order valence-corrected chi connectivity index (χ3v) is 3.93. The largest absolute Gasteiger partial charge is 0.501 e. The molecule has 0 spiro atoms. The molecule has 0 aliphatic carbocycles. The van der Waals surface area contributed by atoms with Crippen LogP contribution in [0.25, 0.3) is 0 Å². The quantitative estimate of drug-likeness (QED) is 0.902. The van der Waals surface area contributed by atoms with Gasteiger partial charge in [-0.15, -0.1) is 0 Å². The van der Waals surface area contributed by atoms with Crippen LogP contribution in [0.1, 0.15) is 31.2 Å². The Morgan fingerprint density at radius 1 is 1.37 bits per heavy atom. The molecule has 3 rings (SSSR count). The topological polar surface area (TPSA) is 30.5 Å². The van der Waals surface area contributed by atoms with Gasteiger partial charge in [0.15, 0.2) is 0 Å². The molecule has 2 aliphatic rings. The van der Waals surface area contributed by atoms with Crippen molar-refractivity contribution in [3.05, 3.63) is 41.7 Å². The van der Waals surface area contributed by atoms with Crippen LogP contribution in [-0.4, -0.2) is 25.8 Å². The molecule has 0 aromatic heterocycles. The van der Waals surface area contributed by atoms with Crippen molar-refractivity contribution in [2.75, 3.05) is 19.8 Å². The third-order valence-electron chi connectivity index (χ3n) is 3.93. The zero-order valence-electron chi connectivity index (χ0n) is 11.4. The van der Waals surface area contributed by atoms with Gasteiger partial charge in [0, 0.05) is 17.5 Å². The number of ether oxygens (including phenoxy) is 2. The van der Waals surface area contributed by atoms with Gasteiger partial charge in [-0.05, 0) is 31.0 Å². The van der Waals surface area contributed by atoms with Crippen LogP contribution < -0.4 is 10.1 Å². The monoisotopic (exact) mass is 259 g/mol. The lowest BCUT2D eigenvalue weighted by atomic mass is 9.86. The van der Waals surface area contributed by atoms with Crippen LogP contribution >= 0.6 is 0 Å². The molecule has 1 aromatic rings. The molecule has 0 bridgehead atoms. The summed E-state index contributed by atoms with van der Waals surface area (Å²) >= 11 is 0. The standard InChI is InChI=1S/C16H21NO2/c1-2-17-16(12-6-5-9-18-10-12)14-11-19-15-8-4-3-7-13(14)15/h3-4,7-8,10,14,16-17H,2,5-6,9,11H2,1H3. The summed E-state index contributed by atoms with van der Waals surface area (Å²) < 4.78 is 11.3. The van der Waals surface area contributed by atoms with Crippen molar-refractivity contribution >= 4 is 0 Å². The van der Waals surface area contributed by atoms with Crippen molar-refractivity contribution in [2.45, 2.75) is 31.7 Å². The average molecular weight is 259 g/mol. The second-order valence-corrected chi connectivity index (χ2v) is 5.16. The molecule has 2 aliphatic heterocycles. The van der Waals surface area contributed by atoms with Gasteiger partial charge < -0.3 is 14.8 Å². The van der Waals surface area contributed by atoms with Crippen LogP contribution in [0.2, 0.25) is 0 Å². The Morgan fingerprint density at radius 3 is 3.05 bits per heavy atom. The van der Waals surface area contributed by atoms with E-state index in [9.17, 15) is 0 Å². The summed E-state index contributed by atoms with van der Waals surface area (Å²) in [6, 6.07) is 8.70. The first-order valence-electron chi connectivity index (χ1n) is 7.16. The van der Waals surface area contributed by atoms with Crippen molar-refractivity contribution in [3.63, 3.8) is 0 Å². The number of hydrogen-bond acceptors (Lipinski definition) is 3. The van der Waals surface area contributed by atoms with Gasteiger partial charge in [-0.2, -0.15) is 0 Å². The second-order valence-electron chi connectivity index (χ2n) is 5.16. The summed E-state index contributed by atoms with van der Waals surface area (Å²) in [5.41, 5.74) is 2.69. The van der Waals surface area contributed by atoms with E-state index in [2.05, 4.69) is 30.4 Å². The summed E-state index contributed by atoms with van der Waals surface area (Å²) in [6.45, 7) is 4.72. The molecular weight excluding hydrogens is 238 g/mol. The van der Waals surface area contributed by atoms with Crippen LogP contribution in [0.3, 0.4) is 0 Å². The minimum atomic E-state index is 0.328. The molecule has 1 N–H and O–H groups in total. The van der Waals surface area contributed by atoms with Crippen LogP contribution in [0.4, 0.5) is 0 Å². The summed E-state index contributed by atoms with van der Waals surface area (Å²) in [5, 5.41) is 3.61. The normalized spacial score (nSPS) is 23.0. The van der Waals surface area contributed by atoms with Crippen molar-refractivity contribution < 1.29 is 9.47 Å². The molecular formula is C16H21NO2. The Hall–Kier alpha value is -1.48. The summed E-state index contributed by atoms with van der Waals surface area (Å²) in [4.78, 5) is 0. The molecule has 0 radical (unpaired) electrons. The highest BCUT2D eigenvalue weighted by atomic mass is 16.5. The van der Waals surface area contributed by atoms with E-state index in [0.29, 0.717) is 12.0 Å². The highest BCUT2D eigenvalue weighted by Gasteiger charge is 2.33. The minimum absolute atomic E-state index is 0.328. The van der Waals surface area contributed by atoms with Crippen LogP contribution in [0.15, 0.2) is 36.1 Å². The number of fused-ring (bicyclic) bond motifs is 1. The van der Waals surface area contributed by atoms with E-state index in [0.717, 1.165) is 38.3 Å². The molecule has 0 fully saturated rings. The van der Waals surface area contributed by atoms with Crippen LogP contribution in [0.5, 0.6) is 5.75 Å². The lowest BCUT2D eigenvalue weighted by Gasteiger charge is -2.28. The van der Waals surface area contributed by atoms with E-state index in [1.165, 1.54) is 11.1 Å². The number of para-hydroxylation sites is 1. The SMILES string of the molecule is CCNC(C1=COCCC1)C1COc2ccccc21. The third kappa shape index (κ3) is 2.47. The summed E-state index contributed by atoms with van der Waals surface area (Å²) in [5.74, 6) is 1.43. The molecule has 2 atom stereocenters. The van der Waals surface area contributed by atoms with Crippen LogP contribution in [-0.2, 0) is 4.74 Å². The highest BCUT2D eigenvalue weighted by molar-refractivity contribution is 5.42. The molecule has 0 saturated carbocycles. The molecule has 3 nitrogen and oxygen atoms in total. The van der Waals surface area contributed by atoms with Crippen molar-refractivity contribution in [2.24, 2.45) is 0 Å². The smallest absolute Gasteiger partial charge is 0.122 e. The number of rotatable bonds is 4. The number of benzene rings is 1. The second kappa shape index (κ2) is 5.66. The van der Waals surface area contributed by atoms with E-state index in [-0.39, 0.29) is 0 Å². The predicted octanol–water partition coefficient (Wildman–Crippen LogP) is 2.84. The number of likely N-dealkylation sites (N-methyl/N-ethyl adjacent to an activating group) is 1. The van der Waals surface area contributed by atoms with Gasteiger partial charge in [-0.25, -0.2) is 0 Å². The Bertz CT molecular complexity index is 470. The van der Waals surface area contributed by atoms with Crippen molar-refractivity contribution in [3.8, 4) is 5.75 Å². The maximum absolute atomic E-state index is 5.82. The highest BCUT2D eigenvalue weighted by Crippen LogP contribution is 2.38. The molecule has 0 saturated heterocycles. The van der Waals surface area contributed by atoms with E-state index in [1.54, 1.807) is 0 Å². The van der Waals surface area contributed by atoms with E-state index in [4.69, 9.17) is 9.47 Å². The van der Waals surface area contributed by atoms with Gasteiger partial charge in [0.2, 0.25) is 0 Å². The van der Waals surface area contributed by atoms with E-state index < -0.39 is 0 Å². The average Bonchev–Trinajstić information content (AvgIpc) is 2.89. The maximum atomic E-state index is 5.82. The van der Waals surface area contributed by atoms with Gasteiger partial charge in [-0.1, -0.05) is 25.1 Å². The van der Waals surface area contributed by atoms with Gasteiger partial charge >= 0.3 is 0 Å². The summed E-state index contributed by atoms with van der Waals surface area (Å²) in [6.07, 6.45) is 4.19. The fourth-order valence-electron chi connectivity index (χ4n) is 3.03. The van der Waals surface area contributed by atoms with E-state index in [1.807, 2.05) is 12.3 Å². The summed E-state index contributed by atoms with van der Waals surface area (Å²) in [7, 11) is 0. The van der Waals surface area contributed by atoms with Gasteiger partial charge in [0.25, 0.3) is 0 Å². The minimum Gasteiger partial charge on any atom is -0.501 e. The Kier molecular flexibility index (Phi) is 3.74. The first-order valence-corrected chi connectivity index (χ1v) is 7.16. The Labute approximate surface area is 114 Å². The molecule has 102 valence electrons. The lowest BCUT2D eigenvalue weighted by molar-refractivity contribution is 0.215. The molecule has 19 heavy (non-hydrogen) atoms.